The normalized spacial score (nSPS) is 18.9. The van der Waals surface area contributed by atoms with Gasteiger partial charge in [-0.3, -0.25) is 9.59 Å². The monoisotopic (exact) mass is 236 g/mol. The first kappa shape index (κ1) is 11.6. The largest absolute Gasteiger partial charge is 0.352 e. The minimum Gasteiger partial charge on any atom is -0.352 e. The second kappa shape index (κ2) is 4.95. The summed E-state index contributed by atoms with van der Waals surface area (Å²) in [4.78, 5) is 22.6. The molecule has 2 rings (SSSR count). The van der Waals surface area contributed by atoms with E-state index in [-0.39, 0.29) is 23.7 Å². The number of amides is 2. The summed E-state index contributed by atoms with van der Waals surface area (Å²) in [6.07, 6.45) is 1.25. The van der Waals surface area contributed by atoms with Crippen molar-refractivity contribution in [3.05, 3.63) is 35.6 Å². The van der Waals surface area contributed by atoms with Crippen LogP contribution in [-0.2, 0) is 4.79 Å². The number of nitrogens with one attached hydrogen (secondary N) is 2. The maximum absolute atomic E-state index is 12.6. The van der Waals surface area contributed by atoms with Gasteiger partial charge in [-0.15, -0.1) is 0 Å². The molecule has 1 fully saturated rings. The smallest absolute Gasteiger partial charge is 0.251 e. The molecule has 0 saturated carbocycles. The Hall–Kier alpha value is -1.91. The van der Waals surface area contributed by atoms with Gasteiger partial charge in [0.2, 0.25) is 5.91 Å². The van der Waals surface area contributed by atoms with Crippen LogP contribution in [0.5, 0.6) is 0 Å². The fraction of sp³-hybridized carbons (Fsp3) is 0.333. The molecular formula is C12H13FN2O2. The third-order valence-corrected chi connectivity index (χ3v) is 2.70. The lowest BCUT2D eigenvalue weighted by Crippen LogP contribution is -2.38. The van der Waals surface area contributed by atoms with Crippen molar-refractivity contribution in [1.29, 1.82) is 0 Å². The fourth-order valence-electron chi connectivity index (χ4n) is 1.75. The van der Waals surface area contributed by atoms with Gasteiger partial charge in [0, 0.05) is 24.6 Å². The summed E-state index contributed by atoms with van der Waals surface area (Å²) in [5, 5.41) is 5.46. The van der Waals surface area contributed by atoms with Crippen molar-refractivity contribution < 1.29 is 14.0 Å². The van der Waals surface area contributed by atoms with E-state index in [1.54, 1.807) is 0 Å². The minimum atomic E-state index is -0.371. The predicted octanol–water partition coefficient (Wildman–Crippen LogP) is 0.834. The zero-order chi connectivity index (χ0) is 12.3. The number of carbonyl (C=O) groups is 2. The van der Waals surface area contributed by atoms with Crippen LogP contribution < -0.4 is 10.6 Å². The fourth-order valence-corrected chi connectivity index (χ4v) is 1.75. The van der Waals surface area contributed by atoms with Crippen molar-refractivity contribution >= 4 is 11.8 Å². The van der Waals surface area contributed by atoms with Gasteiger partial charge < -0.3 is 10.6 Å². The molecule has 5 heteroatoms. The first-order valence-corrected chi connectivity index (χ1v) is 5.48. The van der Waals surface area contributed by atoms with Gasteiger partial charge in [-0.2, -0.15) is 0 Å². The predicted molar refractivity (Wildman–Crippen MR) is 59.9 cm³/mol. The van der Waals surface area contributed by atoms with Gasteiger partial charge in [-0.1, -0.05) is 0 Å². The van der Waals surface area contributed by atoms with Crippen molar-refractivity contribution in [2.24, 2.45) is 0 Å². The van der Waals surface area contributed by atoms with E-state index in [1.165, 1.54) is 24.3 Å². The van der Waals surface area contributed by atoms with Gasteiger partial charge in [-0.05, 0) is 30.7 Å². The Bertz CT molecular complexity index is 431. The third kappa shape index (κ3) is 3.03. The van der Waals surface area contributed by atoms with Crippen LogP contribution in [0.2, 0.25) is 0 Å². The quantitative estimate of drug-likeness (QED) is 0.816. The Balaban J connectivity index is 1.85. The molecule has 17 heavy (non-hydrogen) atoms. The van der Waals surface area contributed by atoms with Gasteiger partial charge >= 0.3 is 0 Å². The molecule has 1 aliphatic rings. The highest BCUT2D eigenvalue weighted by Crippen LogP contribution is 2.06. The molecule has 1 saturated heterocycles. The number of hydrogen-bond donors (Lipinski definition) is 2. The highest BCUT2D eigenvalue weighted by Gasteiger charge is 2.20. The standard InChI is InChI=1S/C12H13FN2O2/c13-9-3-1-8(2-4-9)12(17)14-7-10-5-6-11(16)15-10/h1-4,10H,5-7H2,(H,14,17)(H,15,16). The van der Waals surface area contributed by atoms with E-state index in [0.29, 0.717) is 18.5 Å². The van der Waals surface area contributed by atoms with Crippen LogP contribution >= 0.6 is 0 Å². The van der Waals surface area contributed by atoms with Crippen molar-refractivity contribution in [3.63, 3.8) is 0 Å². The lowest BCUT2D eigenvalue weighted by molar-refractivity contribution is -0.119. The summed E-state index contributed by atoms with van der Waals surface area (Å²) in [5.74, 6) is -0.609. The molecule has 0 bridgehead atoms. The second-order valence-corrected chi connectivity index (χ2v) is 4.02. The minimum absolute atomic E-state index is 0.00639. The third-order valence-electron chi connectivity index (χ3n) is 2.70. The highest BCUT2D eigenvalue weighted by molar-refractivity contribution is 5.94. The van der Waals surface area contributed by atoms with Crippen LogP contribution in [0, 0.1) is 5.82 Å². The number of rotatable bonds is 3. The van der Waals surface area contributed by atoms with Crippen molar-refractivity contribution in [2.75, 3.05) is 6.54 Å². The van der Waals surface area contributed by atoms with Crippen molar-refractivity contribution in [3.8, 4) is 0 Å². The Labute approximate surface area is 98.2 Å². The molecule has 1 aliphatic heterocycles. The van der Waals surface area contributed by atoms with E-state index in [0.717, 1.165) is 6.42 Å². The molecule has 0 spiro atoms. The molecule has 1 aromatic rings. The molecule has 0 radical (unpaired) electrons. The van der Waals surface area contributed by atoms with E-state index < -0.39 is 0 Å². The van der Waals surface area contributed by atoms with Crippen LogP contribution in [0.15, 0.2) is 24.3 Å². The van der Waals surface area contributed by atoms with Crippen molar-refractivity contribution in [2.45, 2.75) is 18.9 Å². The Morgan fingerprint density at radius 2 is 2.12 bits per heavy atom. The number of hydrogen-bond acceptors (Lipinski definition) is 2. The molecule has 90 valence electrons. The Morgan fingerprint density at radius 1 is 1.41 bits per heavy atom. The highest BCUT2D eigenvalue weighted by atomic mass is 19.1. The average molecular weight is 236 g/mol. The van der Waals surface area contributed by atoms with Crippen LogP contribution in [0.1, 0.15) is 23.2 Å². The summed E-state index contributed by atoms with van der Waals surface area (Å²) in [6, 6.07) is 5.35. The molecule has 2 amide bonds. The lowest BCUT2D eigenvalue weighted by atomic mass is 10.2. The van der Waals surface area contributed by atoms with E-state index in [2.05, 4.69) is 10.6 Å². The van der Waals surface area contributed by atoms with Crippen LogP contribution in [-0.4, -0.2) is 24.4 Å². The second-order valence-electron chi connectivity index (χ2n) is 4.02. The average Bonchev–Trinajstić information content (AvgIpc) is 2.73. The van der Waals surface area contributed by atoms with E-state index in [9.17, 15) is 14.0 Å². The van der Waals surface area contributed by atoms with Crippen LogP contribution in [0.25, 0.3) is 0 Å². The van der Waals surface area contributed by atoms with Gasteiger partial charge in [-0.25, -0.2) is 4.39 Å². The number of benzene rings is 1. The summed E-state index contributed by atoms with van der Waals surface area (Å²) in [6.45, 7) is 0.405. The molecule has 1 unspecified atom stereocenters. The van der Waals surface area contributed by atoms with Crippen LogP contribution in [0.3, 0.4) is 0 Å². The zero-order valence-electron chi connectivity index (χ0n) is 9.20. The van der Waals surface area contributed by atoms with Crippen LogP contribution in [0.4, 0.5) is 4.39 Å². The van der Waals surface area contributed by atoms with Crippen molar-refractivity contribution in [1.82, 2.24) is 10.6 Å². The molecule has 4 nitrogen and oxygen atoms in total. The molecule has 1 atom stereocenters. The molecule has 0 aliphatic carbocycles. The molecule has 1 aromatic carbocycles. The maximum Gasteiger partial charge on any atom is 0.251 e. The first-order chi connectivity index (χ1) is 8.15. The van der Waals surface area contributed by atoms with E-state index >= 15 is 0 Å². The van der Waals surface area contributed by atoms with Gasteiger partial charge in [0.15, 0.2) is 0 Å². The molecular weight excluding hydrogens is 223 g/mol. The first-order valence-electron chi connectivity index (χ1n) is 5.48. The summed E-state index contributed by atoms with van der Waals surface area (Å²) >= 11 is 0. The molecule has 1 heterocycles. The molecule has 0 aromatic heterocycles. The Morgan fingerprint density at radius 3 is 2.71 bits per heavy atom. The van der Waals surface area contributed by atoms with Gasteiger partial charge in [0.25, 0.3) is 5.91 Å². The number of halogens is 1. The zero-order valence-corrected chi connectivity index (χ0v) is 9.20. The SMILES string of the molecule is O=C1CCC(CNC(=O)c2ccc(F)cc2)N1. The van der Waals surface area contributed by atoms with E-state index in [4.69, 9.17) is 0 Å². The Kier molecular flexibility index (Phi) is 3.37. The van der Waals surface area contributed by atoms with Gasteiger partial charge in [0.1, 0.15) is 5.82 Å². The summed E-state index contributed by atoms with van der Waals surface area (Å²) < 4.78 is 12.6. The summed E-state index contributed by atoms with van der Waals surface area (Å²) in [7, 11) is 0. The van der Waals surface area contributed by atoms with Gasteiger partial charge in [0.05, 0.1) is 0 Å². The maximum atomic E-state index is 12.6. The number of carbonyl (C=O) groups excluding carboxylic acids is 2. The molecule has 2 N–H and O–H groups in total. The topological polar surface area (TPSA) is 58.2 Å². The summed E-state index contributed by atoms with van der Waals surface area (Å²) in [5.41, 5.74) is 0.413. The lowest BCUT2D eigenvalue weighted by Gasteiger charge is -2.11. The van der Waals surface area contributed by atoms with E-state index in [1.807, 2.05) is 0 Å².